The number of carbonyl (C=O) groups excluding carboxylic acids is 1. The SMILES string of the molecule is Cc1ccc(C(=O)N(C)C2CCCNC2)o1. The van der Waals surface area contributed by atoms with E-state index in [4.69, 9.17) is 4.42 Å². The Bertz CT molecular complexity index is 367. The highest BCUT2D eigenvalue weighted by Crippen LogP contribution is 2.14. The third-order valence-electron chi connectivity index (χ3n) is 3.09. The summed E-state index contributed by atoms with van der Waals surface area (Å²) in [6.45, 7) is 3.78. The van der Waals surface area contributed by atoms with Gasteiger partial charge in [0.2, 0.25) is 0 Å². The third kappa shape index (κ3) is 2.27. The number of piperidine rings is 1. The maximum atomic E-state index is 12.1. The number of nitrogens with zero attached hydrogens (tertiary/aromatic N) is 1. The van der Waals surface area contributed by atoms with Crippen LogP contribution in [0.15, 0.2) is 16.5 Å². The molecule has 1 aliphatic heterocycles. The summed E-state index contributed by atoms with van der Waals surface area (Å²) in [5.41, 5.74) is 0. The topological polar surface area (TPSA) is 45.5 Å². The van der Waals surface area contributed by atoms with Crippen LogP contribution in [0.3, 0.4) is 0 Å². The number of amides is 1. The first kappa shape index (κ1) is 11.2. The molecule has 0 aromatic carbocycles. The fourth-order valence-corrected chi connectivity index (χ4v) is 2.05. The van der Waals surface area contributed by atoms with Gasteiger partial charge in [0.25, 0.3) is 5.91 Å². The van der Waals surface area contributed by atoms with Crippen LogP contribution in [-0.2, 0) is 0 Å². The van der Waals surface area contributed by atoms with Crippen molar-refractivity contribution in [2.45, 2.75) is 25.8 Å². The lowest BCUT2D eigenvalue weighted by molar-refractivity contribution is 0.0675. The van der Waals surface area contributed by atoms with Crippen molar-refractivity contribution >= 4 is 5.91 Å². The summed E-state index contributed by atoms with van der Waals surface area (Å²) in [4.78, 5) is 13.8. The smallest absolute Gasteiger partial charge is 0.289 e. The standard InChI is InChI=1S/C12H18N2O2/c1-9-5-6-11(16-9)12(15)14(2)10-4-3-7-13-8-10/h5-6,10,13H,3-4,7-8H2,1-2H3. The van der Waals surface area contributed by atoms with Gasteiger partial charge in [0.15, 0.2) is 5.76 Å². The number of nitrogens with one attached hydrogen (secondary N) is 1. The number of carbonyl (C=O) groups is 1. The Balaban J connectivity index is 2.03. The van der Waals surface area contributed by atoms with E-state index in [0.29, 0.717) is 5.76 Å². The van der Waals surface area contributed by atoms with Crippen LogP contribution in [0.1, 0.15) is 29.2 Å². The van der Waals surface area contributed by atoms with Crippen LogP contribution in [-0.4, -0.2) is 37.0 Å². The lowest BCUT2D eigenvalue weighted by Gasteiger charge is -2.31. The molecule has 1 aromatic rings. The van der Waals surface area contributed by atoms with Crippen molar-refractivity contribution in [2.24, 2.45) is 0 Å². The summed E-state index contributed by atoms with van der Waals surface area (Å²) in [6, 6.07) is 3.84. The Labute approximate surface area is 95.6 Å². The van der Waals surface area contributed by atoms with Crippen LogP contribution in [0.25, 0.3) is 0 Å². The van der Waals surface area contributed by atoms with Gasteiger partial charge >= 0.3 is 0 Å². The molecule has 1 unspecified atom stereocenters. The van der Waals surface area contributed by atoms with Crippen LogP contribution in [0.5, 0.6) is 0 Å². The highest BCUT2D eigenvalue weighted by atomic mass is 16.3. The van der Waals surface area contributed by atoms with Crippen molar-refractivity contribution < 1.29 is 9.21 Å². The van der Waals surface area contributed by atoms with Crippen LogP contribution in [0.2, 0.25) is 0 Å². The van der Waals surface area contributed by atoms with E-state index in [2.05, 4.69) is 5.32 Å². The highest BCUT2D eigenvalue weighted by molar-refractivity contribution is 5.91. The first-order valence-electron chi connectivity index (χ1n) is 5.73. The second kappa shape index (κ2) is 4.70. The Morgan fingerprint density at radius 1 is 1.56 bits per heavy atom. The van der Waals surface area contributed by atoms with Crippen molar-refractivity contribution in [3.8, 4) is 0 Å². The largest absolute Gasteiger partial charge is 0.456 e. The Morgan fingerprint density at radius 2 is 2.38 bits per heavy atom. The van der Waals surface area contributed by atoms with Gasteiger partial charge < -0.3 is 14.6 Å². The van der Waals surface area contributed by atoms with E-state index in [9.17, 15) is 4.79 Å². The molecule has 4 heteroatoms. The number of furan rings is 1. The second-order valence-electron chi connectivity index (χ2n) is 4.33. The van der Waals surface area contributed by atoms with E-state index in [0.717, 1.165) is 31.7 Å². The molecular formula is C12H18N2O2. The zero-order chi connectivity index (χ0) is 11.5. The molecule has 1 N–H and O–H groups in total. The number of hydrogen-bond donors (Lipinski definition) is 1. The van der Waals surface area contributed by atoms with Gasteiger partial charge in [-0.3, -0.25) is 4.79 Å². The average molecular weight is 222 g/mol. The van der Waals surface area contributed by atoms with Gasteiger partial charge in [-0.05, 0) is 38.4 Å². The molecule has 1 aromatic heterocycles. The molecule has 4 nitrogen and oxygen atoms in total. The van der Waals surface area contributed by atoms with Gasteiger partial charge in [-0.2, -0.15) is 0 Å². The molecule has 1 saturated heterocycles. The molecule has 2 heterocycles. The van der Waals surface area contributed by atoms with E-state index < -0.39 is 0 Å². The van der Waals surface area contributed by atoms with Crippen LogP contribution >= 0.6 is 0 Å². The van der Waals surface area contributed by atoms with Crippen molar-refractivity contribution in [3.63, 3.8) is 0 Å². The highest BCUT2D eigenvalue weighted by Gasteiger charge is 2.24. The molecule has 1 amide bonds. The van der Waals surface area contributed by atoms with E-state index in [1.54, 1.807) is 11.0 Å². The predicted molar refractivity (Wildman–Crippen MR) is 61.4 cm³/mol. The van der Waals surface area contributed by atoms with Crippen LogP contribution in [0.4, 0.5) is 0 Å². The monoisotopic (exact) mass is 222 g/mol. The van der Waals surface area contributed by atoms with Crippen molar-refractivity contribution in [3.05, 3.63) is 23.7 Å². The normalized spacial score (nSPS) is 20.8. The fraction of sp³-hybridized carbons (Fsp3) is 0.583. The summed E-state index contributed by atoms with van der Waals surface area (Å²) < 4.78 is 5.35. The van der Waals surface area contributed by atoms with E-state index in [1.807, 2.05) is 20.0 Å². The molecule has 88 valence electrons. The minimum atomic E-state index is -0.0261. The maximum Gasteiger partial charge on any atom is 0.289 e. The summed E-state index contributed by atoms with van der Waals surface area (Å²) in [6.07, 6.45) is 2.19. The number of likely N-dealkylation sites (N-methyl/N-ethyl adjacent to an activating group) is 1. The lowest BCUT2D eigenvalue weighted by Crippen LogP contribution is -2.46. The second-order valence-corrected chi connectivity index (χ2v) is 4.33. The average Bonchev–Trinajstić information content (AvgIpc) is 2.75. The van der Waals surface area contributed by atoms with E-state index >= 15 is 0 Å². The molecule has 1 aliphatic rings. The minimum absolute atomic E-state index is 0.0261. The van der Waals surface area contributed by atoms with Gasteiger partial charge in [-0.15, -0.1) is 0 Å². The zero-order valence-corrected chi connectivity index (χ0v) is 9.82. The molecule has 0 saturated carbocycles. The summed E-state index contributed by atoms with van der Waals surface area (Å²) in [7, 11) is 1.85. The molecule has 0 bridgehead atoms. The summed E-state index contributed by atoms with van der Waals surface area (Å²) in [5.74, 6) is 1.19. The zero-order valence-electron chi connectivity index (χ0n) is 9.82. The van der Waals surface area contributed by atoms with Gasteiger partial charge in [-0.1, -0.05) is 0 Å². The van der Waals surface area contributed by atoms with Crippen LogP contribution < -0.4 is 5.32 Å². The Hall–Kier alpha value is -1.29. The van der Waals surface area contributed by atoms with Crippen molar-refractivity contribution in [1.29, 1.82) is 0 Å². The Kier molecular flexibility index (Phi) is 3.29. The van der Waals surface area contributed by atoms with Gasteiger partial charge in [0.1, 0.15) is 5.76 Å². The number of aryl methyl sites for hydroxylation is 1. The quantitative estimate of drug-likeness (QED) is 0.823. The van der Waals surface area contributed by atoms with Crippen molar-refractivity contribution in [1.82, 2.24) is 10.2 Å². The van der Waals surface area contributed by atoms with Crippen LogP contribution in [0, 0.1) is 6.92 Å². The number of hydrogen-bond acceptors (Lipinski definition) is 3. The van der Waals surface area contributed by atoms with E-state index in [1.165, 1.54) is 0 Å². The molecule has 1 atom stereocenters. The molecule has 2 rings (SSSR count). The maximum absolute atomic E-state index is 12.1. The fourth-order valence-electron chi connectivity index (χ4n) is 2.05. The summed E-state index contributed by atoms with van der Waals surface area (Å²) in [5, 5.41) is 3.30. The molecule has 0 radical (unpaired) electrons. The first-order valence-corrected chi connectivity index (χ1v) is 5.73. The molecule has 16 heavy (non-hydrogen) atoms. The molecular weight excluding hydrogens is 204 g/mol. The summed E-state index contributed by atoms with van der Waals surface area (Å²) >= 11 is 0. The van der Waals surface area contributed by atoms with Gasteiger partial charge in [-0.25, -0.2) is 0 Å². The molecule has 0 spiro atoms. The number of rotatable bonds is 2. The van der Waals surface area contributed by atoms with Gasteiger partial charge in [0, 0.05) is 19.6 Å². The molecule has 0 aliphatic carbocycles. The predicted octanol–water partition coefficient (Wildman–Crippen LogP) is 1.41. The molecule has 1 fully saturated rings. The first-order chi connectivity index (χ1) is 7.68. The Morgan fingerprint density at radius 3 is 2.94 bits per heavy atom. The lowest BCUT2D eigenvalue weighted by atomic mass is 10.1. The van der Waals surface area contributed by atoms with Gasteiger partial charge in [0.05, 0.1) is 0 Å². The van der Waals surface area contributed by atoms with Crippen molar-refractivity contribution in [2.75, 3.05) is 20.1 Å². The van der Waals surface area contributed by atoms with E-state index in [-0.39, 0.29) is 11.9 Å². The minimum Gasteiger partial charge on any atom is -0.456 e. The third-order valence-corrected chi connectivity index (χ3v) is 3.09.